The van der Waals surface area contributed by atoms with Gasteiger partial charge in [0.1, 0.15) is 5.75 Å². The minimum Gasteiger partial charge on any atom is -0.507 e. The van der Waals surface area contributed by atoms with Crippen molar-refractivity contribution in [3.8, 4) is 5.75 Å². The lowest BCUT2D eigenvalue weighted by molar-refractivity contribution is -0.384. The Morgan fingerprint density at radius 3 is 2.20 bits per heavy atom. The first-order chi connectivity index (χ1) is 26.4. The largest absolute Gasteiger partial charge is 0.507 e. The molecule has 9 nitrogen and oxygen atoms in total. The summed E-state index contributed by atoms with van der Waals surface area (Å²) < 4.78 is 14.1. The summed E-state index contributed by atoms with van der Waals surface area (Å²) in [5, 5.41) is 24.1. The van der Waals surface area contributed by atoms with Crippen LogP contribution in [0, 0.1) is 27.9 Å². The van der Waals surface area contributed by atoms with Crippen LogP contribution in [0.25, 0.3) is 6.08 Å². The molecule has 0 saturated carbocycles. The minimum absolute atomic E-state index is 0.181. The quantitative estimate of drug-likeness (QED) is 0.0512. The molecule has 10 heteroatoms. The molecule has 1 N–H and O–H groups in total. The lowest BCUT2D eigenvalue weighted by atomic mass is 9.69. The molecule has 0 unspecified atom stereocenters. The van der Waals surface area contributed by atoms with E-state index in [1.165, 1.54) is 18.2 Å². The summed E-state index contributed by atoms with van der Waals surface area (Å²) in [6.45, 7) is 9.36. The Morgan fingerprint density at radius 2 is 1.58 bits per heavy atom. The highest BCUT2D eigenvalue weighted by molar-refractivity contribution is 6.99. The average Bonchev–Trinajstić information content (AvgIpc) is 3.72. The predicted molar refractivity (Wildman–Crippen MR) is 217 cm³/mol. The number of hydrogen-bond acceptors (Lipinski definition) is 7. The SMILES string of the molecule is CC/C(=C\c1ccccc1O)CC[C@H]1OC[C@H]2C1=C(CO[Si](c1ccccc1)(c1ccccc1)C(C)(C)C)C[C@H]1C(=O)N(c3cccc([N+](=O)[O-])c3)C(=O)[C@H]12. The monoisotopic (exact) mass is 756 g/mol. The number of phenols is 1. The number of ether oxygens (including phenoxy) is 1. The second-order valence-electron chi connectivity index (χ2n) is 15.8. The highest BCUT2D eigenvalue weighted by Gasteiger charge is 2.58. The van der Waals surface area contributed by atoms with Gasteiger partial charge in [0, 0.05) is 23.6 Å². The van der Waals surface area contributed by atoms with Crippen LogP contribution in [-0.4, -0.2) is 49.5 Å². The highest BCUT2D eigenvalue weighted by Crippen LogP contribution is 2.51. The number of nitrogens with zero attached hydrogens (tertiary/aromatic N) is 2. The molecule has 1 aliphatic carbocycles. The minimum atomic E-state index is -2.97. The van der Waals surface area contributed by atoms with E-state index in [0.717, 1.165) is 50.4 Å². The van der Waals surface area contributed by atoms with Crippen molar-refractivity contribution in [1.29, 1.82) is 0 Å². The summed E-state index contributed by atoms with van der Waals surface area (Å²) in [4.78, 5) is 41.0. The molecule has 2 saturated heterocycles. The third kappa shape index (κ3) is 7.10. The average molecular weight is 757 g/mol. The first-order valence-corrected chi connectivity index (χ1v) is 21.0. The van der Waals surface area contributed by atoms with E-state index in [2.05, 4.69) is 76.2 Å². The molecule has 4 aromatic carbocycles. The lowest BCUT2D eigenvalue weighted by Crippen LogP contribution is -2.66. The van der Waals surface area contributed by atoms with Gasteiger partial charge >= 0.3 is 0 Å². The Morgan fingerprint density at radius 1 is 0.927 bits per heavy atom. The second kappa shape index (κ2) is 15.5. The summed E-state index contributed by atoms with van der Waals surface area (Å²) in [7, 11) is -2.97. The van der Waals surface area contributed by atoms with Crippen molar-refractivity contribution in [2.75, 3.05) is 18.1 Å². The molecule has 3 aliphatic rings. The fourth-order valence-electron chi connectivity index (χ4n) is 9.06. The maximum absolute atomic E-state index is 14.4. The molecular weight excluding hydrogens is 709 g/mol. The number of carbonyl (C=O) groups is 2. The Hall–Kier alpha value is -5.16. The van der Waals surface area contributed by atoms with Gasteiger partial charge in [-0.25, -0.2) is 4.90 Å². The van der Waals surface area contributed by atoms with Crippen LogP contribution in [0.1, 0.15) is 58.9 Å². The summed E-state index contributed by atoms with van der Waals surface area (Å²) in [6.07, 6.45) is 4.25. The van der Waals surface area contributed by atoms with Crippen molar-refractivity contribution < 1.29 is 28.8 Å². The molecule has 2 heterocycles. The Kier molecular flexibility index (Phi) is 10.8. The maximum atomic E-state index is 14.4. The number of fused-ring (bicyclic) bond motifs is 3. The standard InChI is InChI=1S/C45H48N2O7Si/c1-5-30(25-31-15-12-13-22-39(31)48)23-24-40-41-32(28-54-55(45(2,3)4,35-18-8-6-9-19-35)36-20-10-7-11-21-36)26-37-42(38(41)29-53-40)44(50)46(43(37)49)33-16-14-17-34(27-33)47(51)52/h6-22,25,27,37-38,40,42,48H,5,23-24,26,28-29H2,1-4H3/b30-25+/t37-,38+,40-,42-/m1/s1. The molecule has 0 aromatic heterocycles. The van der Waals surface area contributed by atoms with Crippen LogP contribution in [0.5, 0.6) is 5.75 Å². The van der Waals surface area contributed by atoms with E-state index in [9.17, 15) is 24.8 Å². The second-order valence-corrected chi connectivity index (χ2v) is 20.1. The fraction of sp³-hybridized carbons (Fsp3) is 0.333. The van der Waals surface area contributed by atoms with Gasteiger partial charge in [0.05, 0.1) is 41.8 Å². The molecule has 4 aromatic rings. The number of carbonyl (C=O) groups excluding carboxylic acids is 2. The molecule has 284 valence electrons. The van der Waals surface area contributed by atoms with Gasteiger partial charge in [-0.2, -0.15) is 0 Å². The number of phenolic OH excluding ortho intramolecular Hbond substituents is 1. The van der Waals surface area contributed by atoms with Crippen molar-refractivity contribution in [3.05, 3.63) is 142 Å². The summed E-state index contributed by atoms with van der Waals surface area (Å²) >= 11 is 0. The van der Waals surface area contributed by atoms with Crippen LogP contribution < -0.4 is 15.3 Å². The number of nitro benzene ring substituents is 1. The third-order valence-electron chi connectivity index (χ3n) is 11.7. The molecule has 0 radical (unpaired) electrons. The Bertz CT molecular complexity index is 2100. The van der Waals surface area contributed by atoms with Crippen molar-refractivity contribution in [2.45, 2.75) is 64.5 Å². The molecule has 7 rings (SSSR count). The van der Waals surface area contributed by atoms with Gasteiger partial charge in [0.25, 0.3) is 14.0 Å². The number of hydrogen-bond donors (Lipinski definition) is 1. The number of rotatable bonds is 12. The number of amides is 2. The number of aromatic hydroxyl groups is 1. The predicted octanol–water partition coefficient (Wildman–Crippen LogP) is 7.97. The molecule has 4 atom stereocenters. The van der Waals surface area contributed by atoms with E-state index in [-0.39, 0.29) is 59.2 Å². The van der Waals surface area contributed by atoms with Crippen LogP contribution in [0.4, 0.5) is 11.4 Å². The zero-order valence-corrected chi connectivity index (χ0v) is 32.8. The fourth-order valence-corrected chi connectivity index (χ4v) is 13.6. The van der Waals surface area contributed by atoms with Gasteiger partial charge in [0.2, 0.25) is 11.8 Å². The van der Waals surface area contributed by atoms with E-state index >= 15 is 0 Å². The van der Waals surface area contributed by atoms with E-state index in [1.54, 1.807) is 18.2 Å². The van der Waals surface area contributed by atoms with Crippen LogP contribution in [-0.2, 0) is 18.8 Å². The van der Waals surface area contributed by atoms with E-state index in [4.69, 9.17) is 9.16 Å². The van der Waals surface area contributed by atoms with Crippen LogP contribution in [0.2, 0.25) is 5.04 Å². The number of benzene rings is 4. The smallest absolute Gasteiger partial charge is 0.271 e. The van der Waals surface area contributed by atoms with Gasteiger partial charge < -0.3 is 14.3 Å². The molecule has 2 amide bonds. The highest BCUT2D eigenvalue weighted by atomic mass is 28.4. The first kappa shape index (κ1) is 38.1. The number of nitro groups is 1. The summed E-state index contributed by atoms with van der Waals surface area (Å²) in [5.74, 6) is -2.10. The molecule has 2 fully saturated rings. The van der Waals surface area contributed by atoms with Gasteiger partial charge in [0.15, 0.2) is 0 Å². The zero-order valence-electron chi connectivity index (χ0n) is 31.8. The van der Waals surface area contributed by atoms with Crippen molar-refractivity contribution >= 4 is 48.0 Å². The first-order valence-electron chi connectivity index (χ1n) is 19.1. The molecule has 0 bridgehead atoms. The Labute approximate surface area is 323 Å². The van der Waals surface area contributed by atoms with E-state index in [0.29, 0.717) is 12.8 Å². The van der Waals surface area contributed by atoms with E-state index < -0.39 is 25.1 Å². The van der Waals surface area contributed by atoms with Crippen molar-refractivity contribution in [1.82, 2.24) is 0 Å². The molecule has 2 aliphatic heterocycles. The maximum Gasteiger partial charge on any atom is 0.271 e. The van der Waals surface area contributed by atoms with Crippen LogP contribution in [0.3, 0.4) is 0 Å². The Balaban J connectivity index is 1.28. The van der Waals surface area contributed by atoms with Crippen LogP contribution in [0.15, 0.2) is 126 Å². The van der Waals surface area contributed by atoms with Gasteiger partial charge in [-0.3, -0.25) is 19.7 Å². The lowest BCUT2D eigenvalue weighted by Gasteiger charge is -2.44. The van der Waals surface area contributed by atoms with Crippen LogP contribution >= 0.6 is 0 Å². The van der Waals surface area contributed by atoms with Gasteiger partial charge in [-0.1, -0.05) is 124 Å². The summed E-state index contributed by atoms with van der Waals surface area (Å²) in [6, 6.07) is 33.9. The van der Waals surface area contributed by atoms with Crippen molar-refractivity contribution in [3.63, 3.8) is 0 Å². The number of non-ortho nitro benzene ring substituents is 1. The van der Waals surface area contributed by atoms with Gasteiger partial charge in [-0.15, -0.1) is 0 Å². The molecular formula is C45H48N2O7Si. The van der Waals surface area contributed by atoms with Gasteiger partial charge in [-0.05, 0) is 64.4 Å². The normalized spacial score (nSPS) is 21.5. The number of imide groups is 1. The topological polar surface area (TPSA) is 119 Å². The van der Waals surface area contributed by atoms with Crippen molar-refractivity contribution in [2.24, 2.45) is 17.8 Å². The van der Waals surface area contributed by atoms with E-state index in [1.807, 2.05) is 30.3 Å². The number of para-hydroxylation sites is 1. The number of allylic oxidation sites excluding steroid dienone is 1. The zero-order chi connectivity index (χ0) is 38.9. The molecule has 0 spiro atoms. The third-order valence-corrected chi connectivity index (χ3v) is 16.6. The molecule has 55 heavy (non-hydrogen) atoms. The summed E-state index contributed by atoms with van der Waals surface area (Å²) in [5.41, 5.74) is 3.99. The number of anilines is 1.